The first-order valence-electron chi connectivity index (χ1n) is 6.88. The maximum Gasteiger partial charge on any atom is 0.311 e. The quantitative estimate of drug-likeness (QED) is 0.530. The van der Waals surface area contributed by atoms with Gasteiger partial charge >= 0.3 is 11.9 Å². The van der Waals surface area contributed by atoms with Crippen molar-refractivity contribution in [3.05, 3.63) is 0 Å². The molecule has 0 aromatic carbocycles. The van der Waals surface area contributed by atoms with Crippen molar-refractivity contribution in [3.63, 3.8) is 0 Å². The molecule has 5 nitrogen and oxygen atoms in total. The molecule has 0 rings (SSSR count). The summed E-state index contributed by atoms with van der Waals surface area (Å²) in [7, 11) is 7.48. The van der Waals surface area contributed by atoms with Gasteiger partial charge in [0.25, 0.3) is 0 Å². The Labute approximate surface area is 122 Å². The number of hydrogen-bond donors (Lipinski definition) is 0. The molecule has 0 aliphatic rings. The first-order valence-corrected chi connectivity index (χ1v) is 6.88. The molecular weight excluding hydrogens is 258 g/mol. The summed E-state index contributed by atoms with van der Waals surface area (Å²) in [6.45, 7) is 8.28. The smallest absolute Gasteiger partial charge is 0.311 e. The van der Waals surface area contributed by atoms with Gasteiger partial charge < -0.3 is 14.0 Å². The number of quaternary nitrogens is 1. The lowest BCUT2D eigenvalue weighted by Crippen LogP contribution is -2.40. The normalized spacial score (nSPS) is 13.0. The minimum absolute atomic E-state index is 0.275. The van der Waals surface area contributed by atoms with E-state index in [1.54, 1.807) is 27.7 Å². The van der Waals surface area contributed by atoms with E-state index < -0.39 is 10.8 Å². The van der Waals surface area contributed by atoms with Crippen LogP contribution in [0.15, 0.2) is 0 Å². The molecule has 0 amide bonds. The van der Waals surface area contributed by atoms with Crippen molar-refractivity contribution >= 4 is 11.9 Å². The molecule has 5 heteroatoms. The van der Waals surface area contributed by atoms with Crippen molar-refractivity contribution in [2.75, 3.05) is 41.4 Å². The highest BCUT2D eigenvalue weighted by Gasteiger charge is 2.40. The monoisotopic (exact) mass is 288 g/mol. The number of carbonyl (C=O) groups is 2. The van der Waals surface area contributed by atoms with Crippen molar-refractivity contribution < 1.29 is 23.5 Å². The number of nitrogens with zero attached hydrogens (tertiary/aromatic N) is 1. The van der Waals surface area contributed by atoms with Crippen LogP contribution in [-0.4, -0.2) is 57.8 Å². The summed E-state index contributed by atoms with van der Waals surface area (Å²) in [5.74, 6) is -0.590. The Hall–Kier alpha value is -1.10. The van der Waals surface area contributed by atoms with E-state index >= 15 is 0 Å². The van der Waals surface area contributed by atoms with Gasteiger partial charge in [-0.15, -0.1) is 0 Å². The van der Waals surface area contributed by atoms with Gasteiger partial charge in [-0.2, -0.15) is 0 Å². The Kier molecular flexibility index (Phi) is 6.21. The van der Waals surface area contributed by atoms with E-state index in [1.807, 2.05) is 21.1 Å². The van der Waals surface area contributed by atoms with Crippen molar-refractivity contribution in [3.8, 4) is 0 Å². The van der Waals surface area contributed by atoms with Crippen molar-refractivity contribution in [2.24, 2.45) is 10.8 Å². The fourth-order valence-corrected chi connectivity index (χ4v) is 2.13. The Bertz CT molecular complexity index is 353. The van der Waals surface area contributed by atoms with Crippen LogP contribution in [0.1, 0.15) is 34.1 Å². The Balaban J connectivity index is 4.56. The molecule has 118 valence electrons. The van der Waals surface area contributed by atoms with Crippen LogP contribution in [-0.2, 0) is 19.1 Å². The molecule has 0 saturated carbocycles. The number of ether oxygens (including phenoxy) is 2. The first kappa shape index (κ1) is 18.9. The second kappa shape index (κ2) is 6.57. The standard InChI is InChI=1S/C15H30NO4/c1-14(2,12(17)19-8)11-15(3,4)13(18)20-10-9-16(5,6)7/h9-11H2,1-8H3/q+1. The number of hydrogen-bond acceptors (Lipinski definition) is 4. The lowest BCUT2D eigenvalue weighted by atomic mass is 9.75. The highest BCUT2D eigenvalue weighted by molar-refractivity contribution is 5.80. The maximum atomic E-state index is 12.2. The number of carbonyl (C=O) groups excluding carboxylic acids is 2. The number of methoxy groups -OCH3 is 1. The van der Waals surface area contributed by atoms with Gasteiger partial charge in [0.15, 0.2) is 0 Å². The molecule has 20 heavy (non-hydrogen) atoms. The molecule has 0 fully saturated rings. The summed E-state index contributed by atoms with van der Waals surface area (Å²) >= 11 is 0. The molecule has 0 heterocycles. The zero-order chi connectivity index (χ0) is 16.2. The molecule has 0 bridgehead atoms. The van der Waals surface area contributed by atoms with Gasteiger partial charge in [0.05, 0.1) is 39.1 Å². The third kappa shape index (κ3) is 6.37. The van der Waals surface area contributed by atoms with Crippen LogP contribution in [0.4, 0.5) is 0 Å². The average Bonchev–Trinajstić information content (AvgIpc) is 2.24. The molecule has 0 radical (unpaired) electrons. The highest BCUT2D eigenvalue weighted by atomic mass is 16.5. The summed E-state index contributed by atoms with van der Waals surface area (Å²) in [6, 6.07) is 0. The van der Waals surface area contributed by atoms with Crippen LogP contribution >= 0.6 is 0 Å². The second-order valence-corrected chi connectivity index (χ2v) is 7.59. The van der Waals surface area contributed by atoms with Crippen LogP contribution in [0, 0.1) is 10.8 Å². The molecule has 0 aromatic heterocycles. The van der Waals surface area contributed by atoms with E-state index in [2.05, 4.69) is 0 Å². The fourth-order valence-electron chi connectivity index (χ4n) is 2.13. The summed E-state index contributed by atoms with van der Waals surface area (Å²) in [5, 5.41) is 0. The van der Waals surface area contributed by atoms with Crippen molar-refractivity contribution in [1.29, 1.82) is 0 Å². The van der Waals surface area contributed by atoms with E-state index in [0.717, 1.165) is 11.0 Å². The van der Waals surface area contributed by atoms with Crippen LogP contribution in [0.3, 0.4) is 0 Å². The van der Waals surface area contributed by atoms with Crippen LogP contribution in [0.5, 0.6) is 0 Å². The first-order chi connectivity index (χ1) is 8.82. The third-order valence-corrected chi connectivity index (χ3v) is 3.17. The predicted molar refractivity (Wildman–Crippen MR) is 78.1 cm³/mol. The zero-order valence-electron chi connectivity index (χ0n) is 14.2. The highest BCUT2D eigenvalue weighted by Crippen LogP contribution is 2.35. The van der Waals surface area contributed by atoms with Crippen molar-refractivity contribution in [1.82, 2.24) is 0 Å². The summed E-state index contributed by atoms with van der Waals surface area (Å²) in [5.41, 5.74) is -1.43. The van der Waals surface area contributed by atoms with Gasteiger partial charge in [0.1, 0.15) is 13.2 Å². The molecule has 0 N–H and O–H groups in total. The second-order valence-electron chi connectivity index (χ2n) is 7.59. The molecular formula is C15H30NO4+. The lowest BCUT2D eigenvalue weighted by Gasteiger charge is -2.31. The molecule has 0 aliphatic carbocycles. The summed E-state index contributed by atoms with van der Waals surface area (Å²) in [6.07, 6.45) is 0.385. The minimum atomic E-state index is -0.720. The van der Waals surface area contributed by atoms with E-state index in [0.29, 0.717) is 13.0 Å². The molecule has 0 atom stereocenters. The topological polar surface area (TPSA) is 52.6 Å². The number of rotatable bonds is 7. The van der Waals surface area contributed by atoms with Crippen LogP contribution < -0.4 is 0 Å². The molecule has 0 aromatic rings. The lowest BCUT2D eigenvalue weighted by molar-refractivity contribution is -0.870. The van der Waals surface area contributed by atoms with E-state index in [-0.39, 0.29) is 11.9 Å². The molecule has 0 unspecified atom stereocenters. The minimum Gasteiger partial charge on any atom is -0.469 e. The Morgan fingerprint density at radius 3 is 1.80 bits per heavy atom. The van der Waals surface area contributed by atoms with E-state index in [9.17, 15) is 9.59 Å². The van der Waals surface area contributed by atoms with Gasteiger partial charge in [-0.3, -0.25) is 9.59 Å². The van der Waals surface area contributed by atoms with Crippen LogP contribution in [0.25, 0.3) is 0 Å². The average molecular weight is 288 g/mol. The van der Waals surface area contributed by atoms with Gasteiger partial charge in [-0.1, -0.05) is 0 Å². The Morgan fingerprint density at radius 2 is 1.40 bits per heavy atom. The predicted octanol–water partition coefficient (Wildman–Crippen LogP) is 1.85. The van der Waals surface area contributed by atoms with E-state index in [4.69, 9.17) is 9.47 Å². The maximum absolute atomic E-state index is 12.2. The largest absolute Gasteiger partial charge is 0.469 e. The van der Waals surface area contributed by atoms with E-state index in [1.165, 1.54) is 7.11 Å². The van der Waals surface area contributed by atoms with Gasteiger partial charge in [-0.05, 0) is 34.1 Å². The van der Waals surface area contributed by atoms with Gasteiger partial charge in [-0.25, -0.2) is 0 Å². The zero-order valence-corrected chi connectivity index (χ0v) is 14.2. The van der Waals surface area contributed by atoms with Gasteiger partial charge in [0, 0.05) is 0 Å². The van der Waals surface area contributed by atoms with Crippen molar-refractivity contribution in [2.45, 2.75) is 34.1 Å². The van der Waals surface area contributed by atoms with Crippen LogP contribution in [0.2, 0.25) is 0 Å². The molecule has 0 aliphatic heterocycles. The Morgan fingerprint density at radius 1 is 0.950 bits per heavy atom. The summed E-state index contributed by atoms with van der Waals surface area (Å²) < 4.78 is 10.8. The number of likely N-dealkylation sites (N-methyl/N-ethyl adjacent to an activating group) is 1. The fraction of sp³-hybridized carbons (Fsp3) is 0.867. The SMILES string of the molecule is COC(=O)C(C)(C)CC(C)(C)C(=O)OCC[N+](C)(C)C. The summed E-state index contributed by atoms with van der Waals surface area (Å²) in [4.78, 5) is 23.9. The molecule has 0 saturated heterocycles. The third-order valence-electron chi connectivity index (χ3n) is 3.17. The number of esters is 2. The molecule has 0 spiro atoms. The van der Waals surface area contributed by atoms with Gasteiger partial charge in [0.2, 0.25) is 0 Å².